The van der Waals surface area contributed by atoms with Gasteiger partial charge in [-0.05, 0) is 60.8 Å². The molecule has 2 aliphatic heterocycles. The predicted molar refractivity (Wildman–Crippen MR) is 126 cm³/mol. The van der Waals surface area contributed by atoms with Gasteiger partial charge in [-0.25, -0.2) is 4.79 Å². The molecule has 0 N–H and O–H groups in total. The highest BCUT2D eigenvalue weighted by molar-refractivity contribution is 5.82. The van der Waals surface area contributed by atoms with Gasteiger partial charge in [0.15, 0.2) is 0 Å². The molecular weight excluding hydrogens is 417 g/mol. The van der Waals surface area contributed by atoms with Gasteiger partial charge in [0.1, 0.15) is 12.4 Å². The third-order valence-electron chi connectivity index (χ3n) is 7.79. The van der Waals surface area contributed by atoms with Crippen molar-refractivity contribution in [3.8, 4) is 11.1 Å². The number of unbranched alkanes of at least 4 members (excludes halogenated alkanes) is 2. The van der Waals surface area contributed by atoms with Gasteiger partial charge in [-0.15, -0.1) is 0 Å². The zero-order chi connectivity index (χ0) is 22.8. The van der Waals surface area contributed by atoms with Crippen LogP contribution in [0, 0.1) is 5.92 Å². The minimum Gasteiger partial charge on any atom is -0.448 e. The number of fused-ring (bicyclic) bond motifs is 5. The van der Waals surface area contributed by atoms with E-state index in [0.29, 0.717) is 19.4 Å². The van der Waals surface area contributed by atoms with E-state index in [1.54, 1.807) is 0 Å². The van der Waals surface area contributed by atoms with Gasteiger partial charge in [0.05, 0.1) is 6.67 Å². The average Bonchev–Trinajstić information content (AvgIpc) is 3.30. The van der Waals surface area contributed by atoms with Crippen molar-refractivity contribution in [1.29, 1.82) is 0 Å². The molecule has 2 atom stereocenters. The third-order valence-corrected chi connectivity index (χ3v) is 7.79. The molecule has 1 amide bonds. The Hall–Kier alpha value is -2.69. The van der Waals surface area contributed by atoms with Gasteiger partial charge in [-0.3, -0.25) is 9.18 Å². The second-order valence-corrected chi connectivity index (χ2v) is 9.73. The van der Waals surface area contributed by atoms with E-state index in [0.717, 1.165) is 38.5 Å². The number of ether oxygens (including phenoxy) is 1. The number of rotatable bonds is 8. The molecule has 3 aliphatic rings. The molecule has 2 bridgehead atoms. The van der Waals surface area contributed by atoms with Crippen LogP contribution < -0.4 is 0 Å². The largest absolute Gasteiger partial charge is 0.448 e. The normalized spacial score (nSPS) is 23.3. The van der Waals surface area contributed by atoms with E-state index in [9.17, 15) is 14.0 Å². The number of ketones is 1. The van der Waals surface area contributed by atoms with Crippen molar-refractivity contribution in [1.82, 2.24) is 4.90 Å². The summed E-state index contributed by atoms with van der Waals surface area (Å²) in [5, 5.41) is 0. The number of Topliss-reactive ketones (excluding diaryl/α,β-unsaturated/α-hetero) is 1. The molecule has 0 spiro atoms. The average molecular weight is 450 g/mol. The van der Waals surface area contributed by atoms with Crippen LogP contribution in [-0.4, -0.2) is 42.1 Å². The van der Waals surface area contributed by atoms with Gasteiger partial charge >= 0.3 is 6.09 Å². The van der Waals surface area contributed by atoms with Crippen molar-refractivity contribution in [3.63, 3.8) is 0 Å². The number of carbonyl (C=O) groups excluding carboxylic acids is 2. The van der Waals surface area contributed by atoms with Gasteiger partial charge < -0.3 is 9.64 Å². The maximum atomic E-state index is 13.1. The number of amides is 1. The molecule has 2 saturated heterocycles. The van der Waals surface area contributed by atoms with Gasteiger partial charge in [-0.1, -0.05) is 55.0 Å². The van der Waals surface area contributed by atoms with Gasteiger partial charge in [0, 0.05) is 30.3 Å². The van der Waals surface area contributed by atoms with Crippen LogP contribution >= 0.6 is 0 Å². The minimum absolute atomic E-state index is 0.0329. The van der Waals surface area contributed by atoms with E-state index in [4.69, 9.17) is 4.74 Å². The smallest absolute Gasteiger partial charge is 0.410 e. The van der Waals surface area contributed by atoms with Crippen molar-refractivity contribution >= 4 is 11.9 Å². The molecule has 2 fully saturated rings. The van der Waals surface area contributed by atoms with E-state index in [2.05, 4.69) is 24.3 Å². The molecule has 2 heterocycles. The first kappa shape index (κ1) is 22.1. The summed E-state index contributed by atoms with van der Waals surface area (Å²) in [5.74, 6) is 0.380. The Balaban J connectivity index is 1.20. The number of halogens is 1. The van der Waals surface area contributed by atoms with Crippen molar-refractivity contribution < 1.29 is 18.7 Å². The summed E-state index contributed by atoms with van der Waals surface area (Å²) in [5.41, 5.74) is 4.87. The fraction of sp³-hybridized carbons (Fsp3) is 0.500. The van der Waals surface area contributed by atoms with Crippen molar-refractivity contribution in [2.75, 3.05) is 13.3 Å². The van der Waals surface area contributed by atoms with Crippen LogP contribution in [0.3, 0.4) is 0 Å². The minimum atomic E-state index is -0.309. The maximum absolute atomic E-state index is 13.1. The molecule has 5 heteroatoms. The standard InChI is InChI=1S/C28H32FNO3/c29-15-7-1-2-12-27(31)19-16-20-13-14-21(17-19)30(20)28(32)33-18-26-24-10-5-3-8-22(24)23-9-4-6-11-25(23)26/h3-6,8-11,19-21,26H,1-2,7,12-18H2. The van der Waals surface area contributed by atoms with E-state index in [1.807, 2.05) is 29.2 Å². The number of carbonyl (C=O) groups is 2. The molecule has 2 unspecified atom stereocenters. The van der Waals surface area contributed by atoms with E-state index in [-0.39, 0.29) is 42.5 Å². The molecule has 0 saturated carbocycles. The fourth-order valence-corrected chi connectivity index (χ4v) is 6.18. The zero-order valence-corrected chi connectivity index (χ0v) is 19.0. The number of alkyl halides is 1. The zero-order valence-electron chi connectivity index (χ0n) is 19.0. The summed E-state index contributed by atoms with van der Waals surface area (Å²) < 4.78 is 18.2. The molecule has 2 aromatic carbocycles. The molecule has 0 radical (unpaired) electrons. The first-order chi connectivity index (χ1) is 16.2. The number of benzene rings is 2. The first-order valence-electron chi connectivity index (χ1n) is 12.4. The predicted octanol–water partition coefficient (Wildman–Crippen LogP) is 6.28. The second-order valence-electron chi connectivity index (χ2n) is 9.73. The number of nitrogens with zero attached hydrogens (tertiary/aromatic N) is 1. The summed E-state index contributed by atoms with van der Waals surface area (Å²) >= 11 is 0. The summed E-state index contributed by atoms with van der Waals surface area (Å²) in [7, 11) is 0. The lowest BCUT2D eigenvalue weighted by Crippen LogP contribution is -2.48. The lowest BCUT2D eigenvalue weighted by Gasteiger charge is -2.37. The van der Waals surface area contributed by atoms with Gasteiger partial charge in [-0.2, -0.15) is 0 Å². The van der Waals surface area contributed by atoms with Crippen LogP contribution in [0.15, 0.2) is 48.5 Å². The molecule has 174 valence electrons. The lowest BCUT2D eigenvalue weighted by atomic mass is 9.85. The molecular formula is C28H32FNO3. The summed E-state index contributed by atoms with van der Waals surface area (Å²) in [6.45, 7) is 0.0244. The number of hydrogen-bond donors (Lipinski definition) is 0. The van der Waals surface area contributed by atoms with E-state index < -0.39 is 0 Å². The van der Waals surface area contributed by atoms with E-state index in [1.165, 1.54) is 22.3 Å². The van der Waals surface area contributed by atoms with Crippen molar-refractivity contribution in [2.24, 2.45) is 5.92 Å². The Bertz CT molecular complexity index is 962. The van der Waals surface area contributed by atoms with Crippen LogP contribution in [0.25, 0.3) is 11.1 Å². The monoisotopic (exact) mass is 449 g/mol. The summed E-state index contributed by atoms with van der Waals surface area (Å²) in [6, 6.07) is 16.9. The van der Waals surface area contributed by atoms with Crippen molar-refractivity contribution in [3.05, 3.63) is 59.7 Å². The Morgan fingerprint density at radius 3 is 2.09 bits per heavy atom. The van der Waals surface area contributed by atoms with Crippen LogP contribution in [0.1, 0.15) is 68.4 Å². The van der Waals surface area contributed by atoms with Crippen molar-refractivity contribution in [2.45, 2.75) is 69.4 Å². The third kappa shape index (κ3) is 4.30. The topological polar surface area (TPSA) is 46.6 Å². The lowest BCUT2D eigenvalue weighted by molar-refractivity contribution is -0.125. The number of piperidine rings is 1. The highest BCUT2D eigenvalue weighted by Gasteiger charge is 2.45. The molecule has 1 aliphatic carbocycles. The Morgan fingerprint density at radius 2 is 1.48 bits per heavy atom. The second kappa shape index (κ2) is 9.66. The first-order valence-corrected chi connectivity index (χ1v) is 12.4. The molecule has 0 aromatic heterocycles. The quantitative estimate of drug-likeness (QED) is 0.446. The maximum Gasteiger partial charge on any atom is 0.410 e. The van der Waals surface area contributed by atoms with Gasteiger partial charge in [0.2, 0.25) is 0 Å². The highest BCUT2D eigenvalue weighted by atomic mass is 19.1. The molecule has 33 heavy (non-hydrogen) atoms. The molecule has 4 nitrogen and oxygen atoms in total. The van der Waals surface area contributed by atoms with Crippen LogP contribution in [-0.2, 0) is 9.53 Å². The highest BCUT2D eigenvalue weighted by Crippen LogP contribution is 2.45. The van der Waals surface area contributed by atoms with E-state index >= 15 is 0 Å². The SMILES string of the molecule is O=C(CCCCCF)C1CC2CCC(C1)N2C(=O)OCC1c2ccccc2-c2ccccc21. The van der Waals surface area contributed by atoms with Crippen LogP contribution in [0.4, 0.5) is 9.18 Å². The number of hydrogen-bond acceptors (Lipinski definition) is 3. The Kier molecular flexibility index (Phi) is 6.48. The molecule has 2 aromatic rings. The Morgan fingerprint density at radius 1 is 0.879 bits per heavy atom. The summed E-state index contributed by atoms with van der Waals surface area (Å²) in [4.78, 5) is 27.7. The summed E-state index contributed by atoms with van der Waals surface area (Å²) in [6.07, 6.45) is 5.75. The molecule has 5 rings (SSSR count). The van der Waals surface area contributed by atoms with Crippen LogP contribution in [0.5, 0.6) is 0 Å². The Labute approximate surface area is 195 Å². The fourth-order valence-electron chi connectivity index (χ4n) is 6.18. The van der Waals surface area contributed by atoms with Gasteiger partial charge in [0.25, 0.3) is 0 Å². The van der Waals surface area contributed by atoms with Crippen LogP contribution in [0.2, 0.25) is 0 Å².